The van der Waals surface area contributed by atoms with Gasteiger partial charge >= 0.3 is 5.97 Å². The van der Waals surface area contributed by atoms with Gasteiger partial charge in [0.05, 0.1) is 0 Å². The first kappa shape index (κ1) is 12.2. The lowest BCUT2D eigenvalue weighted by atomic mass is 9.85. The first-order valence-electron chi connectivity index (χ1n) is 5.68. The minimum Gasteiger partial charge on any atom is -0.481 e. The molecule has 0 aromatic rings. The summed E-state index contributed by atoms with van der Waals surface area (Å²) >= 11 is 0. The van der Waals surface area contributed by atoms with Crippen LogP contribution in [0.2, 0.25) is 0 Å². The molecule has 2 atom stereocenters. The summed E-state index contributed by atoms with van der Waals surface area (Å²) in [5.74, 6) is 0.147. The first-order chi connectivity index (χ1) is 7.13. The van der Waals surface area contributed by atoms with Gasteiger partial charge in [-0.2, -0.15) is 0 Å². The lowest BCUT2D eigenvalue weighted by Gasteiger charge is -2.34. The zero-order valence-electron chi connectivity index (χ0n) is 9.48. The highest BCUT2D eigenvalue weighted by Gasteiger charge is 2.25. The molecule has 3 heteroatoms. The van der Waals surface area contributed by atoms with Crippen molar-refractivity contribution in [1.29, 1.82) is 0 Å². The summed E-state index contributed by atoms with van der Waals surface area (Å²) in [6.07, 6.45) is 4.57. The maximum atomic E-state index is 10.6. The highest BCUT2D eigenvalue weighted by Crippen LogP contribution is 2.25. The smallest absolute Gasteiger partial charge is 0.303 e. The van der Waals surface area contributed by atoms with Crippen molar-refractivity contribution in [2.75, 3.05) is 19.6 Å². The van der Waals surface area contributed by atoms with Crippen molar-refractivity contribution in [2.24, 2.45) is 11.8 Å². The lowest BCUT2D eigenvalue weighted by Crippen LogP contribution is -2.38. The van der Waals surface area contributed by atoms with Crippen molar-refractivity contribution in [3.8, 4) is 0 Å². The van der Waals surface area contributed by atoms with Gasteiger partial charge in [-0.1, -0.05) is 13.0 Å². The number of carbonyl (C=O) groups is 1. The maximum Gasteiger partial charge on any atom is 0.303 e. The normalized spacial score (nSPS) is 24.7. The van der Waals surface area contributed by atoms with Gasteiger partial charge in [0.1, 0.15) is 0 Å². The topological polar surface area (TPSA) is 40.5 Å². The standard InChI is InChI=1S/C12H21NO2/c1-3-6-13-7-4-5-11(9-13)10(2)8-12(14)15/h3,10-11H,1,4-9H2,2H3,(H,14,15). The maximum absolute atomic E-state index is 10.6. The van der Waals surface area contributed by atoms with Crippen LogP contribution in [0.1, 0.15) is 26.2 Å². The van der Waals surface area contributed by atoms with E-state index >= 15 is 0 Å². The summed E-state index contributed by atoms with van der Waals surface area (Å²) in [7, 11) is 0. The molecule has 1 aliphatic heterocycles. The van der Waals surface area contributed by atoms with Gasteiger partial charge in [0.2, 0.25) is 0 Å². The zero-order chi connectivity index (χ0) is 11.3. The molecule has 0 spiro atoms. The molecule has 0 aromatic heterocycles. The Bertz CT molecular complexity index is 228. The largest absolute Gasteiger partial charge is 0.481 e. The van der Waals surface area contributed by atoms with E-state index in [1.807, 2.05) is 6.08 Å². The Morgan fingerprint density at radius 3 is 3.07 bits per heavy atom. The third-order valence-electron chi connectivity index (χ3n) is 3.23. The number of carboxylic acid groups (broad SMARTS) is 1. The molecule has 86 valence electrons. The summed E-state index contributed by atoms with van der Waals surface area (Å²) in [4.78, 5) is 13.0. The number of hydrogen-bond donors (Lipinski definition) is 1. The summed E-state index contributed by atoms with van der Waals surface area (Å²) in [6.45, 7) is 8.87. The van der Waals surface area contributed by atoms with Crippen LogP contribution in [-0.4, -0.2) is 35.6 Å². The predicted octanol–water partition coefficient (Wildman–Crippen LogP) is 2.00. The van der Waals surface area contributed by atoms with Crippen LogP contribution in [0.4, 0.5) is 0 Å². The number of aliphatic carboxylic acids is 1. The van der Waals surface area contributed by atoms with Gasteiger partial charge in [-0.15, -0.1) is 6.58 Å². The Kier molecular flexibility index (Phi) is 4.82. The van der Waals surface area contributed by atoms with E-state index in [0.717, 1.165) is 19.6 Å². The van der Waals surface area contributed by atoms with Gasteiger partial charge in [-0.05, 0) is 31.2 Å². The van der Waals surface area contributed by atoms with Gasteiger partial charge in [0.15, 0.2) is 0 Å². The molecule has 0 radical (unpaired) electrons. The Balaban J connectivity index is 2.40. The molecule has 0 aliphatic carbocycles. The van der Waals surface area contributed by atoms with Crippen LogP contribution in [0.3, 0.4) is 0 Å². The number of rotatable bonds is 5. The first-order valence-corrected chi connectivity index (χ1v) is 5.68. The van der Waals surface area contributed by atoms with E-state index in [1.165, 1.54) is 12.8 Å². The molecule has 2 unspecified atom stereocenters. The van der Waals surface area contributed by atoms with Gasteiger partial charge in [-0.3, -0.25) is 9.69 Å². The fourth-order valence-electron chi connectivity index (χ4n) is 2.35. The van der Waals surface area contributed by atoms with Crippen molar-refractivity contribution >= 4 is 5.97 Å². The second-order valence-electron chi connectivity index (χ2n) is 4.53. The molecule has 1 N–H and O–H groups in total. The molecule has 15 heavy (non-hydrogen) atoms. The molecule has 0 amide bonds. The third-order valence-corrected chi connectivity index (χ3v) is 3.23. The monoisotopic (exact) mass is 211 g/mol. The quantitative estimate of drug-likeness (QED) is 0.707. The summed E-state index contributed by atoms with van der Waals surface area (Å²) < 4.78 is 0. The van der Waals surface area contributed by atoms with Crippen LogP contribution in [0.25, 0.3) is 0 Å². The van der Waals surface area contributed by atoms with Gasteiger partial charge in [-0.25, -0.2) is 0 Å². The van der Waals surface area contributed by atoms with Crippen molar-refractivity contribution < 1.29 is 9.90 Å². The van der Waals surface area contributed by atoms with Gasteiger partial charge in [0.25, 0.3) is 0 Å². The Morgan fingerprint density at radius 2 is 2.47 bits per heavy atom. The van der Waals surface area contributed by atoms with E-state index in [9.17, 15) is 4.79 Å². The summed E-state index contributed by atoms with van der Waals surface area (Å²) in [5, 5.41) is 8.75. The molecule has 1 heterocycles. The summed E-state index contributed by atoms with van der Waals surface area (Å²) in [5.41, 5.74) is 0. The Morgan fingerprint density at radius 1 is 1.73 bits per heavy atom. The van der Waals surface area contributed by atoms with Crippen LogP contribution in [0, 0.1) is 11.8 Å². The molecule has 1 saturated heterocycles. The highest BCUT2D eigenvalue weighted by molar-refractivity contribution is 5.66. The van der Waals surface area contributed by atoms with E-state index < -0.39 is 5.97 Å². The van der Waals surface area contributed by atoms with E-state index in [0.29, 0.717) is 12.3 Å². The second kappa shape index (κ2) is 5.91. The van der Waals surface area contributed by atoms with Crippen LogP contribution in [-0.2, 0) is 4.79 Å². The van der Waals surface area contributed by atoms with E-state index in [4.69, 9.17) is 5.11 Å². The van der Waals surface area contributed by atoms with E-state index in [1.54, 1.807) is 0 Å². The number of carboxylic acids is 1. The average molecular weight is 211 g/mol. The van der Waals surface area contributed by atoms with Crippen molar-refractivity contribution in [2.45, 2.75) is 26.2 Å². The van der Waals surface area contributed by atoms with Gasteiger partial charge in [0, 0.05) is 19.5 Å². The number of nitrogens with zero attached hydrogens (tertiary/aromatic N) is 1. The molecule has 0 aromatic carbocycles. The van der Waals surface area contributed by atoms with Crippen molar-refractivity contribution in [1.82, 2.24) is 4.90 Å². The van der Waals surface area contributed by atoms with Crippen molar-refractivity contribution in [3.05, 3.63) is 12.7 Å². The molecule has 0 bridgehead atoms. The molecule has 1 fully saturated rings. The van der Waals surface area contributed by atoms with Gasteiger partial charge < -0.3 is 5.11 Å². The lowest BCUT2D eigenvalue weighted by molar-refractivity contribution is -0.138. The average Bonchev–Trinajstić information content (AvgIpc) is 2.17. The van der Waals surface area contributed by atoms with Crippen molar-refractivity contribution in [3.63, 3.8) is 0 Å². The van der Waals surface area contributed by atoms with Crippen LogP contribution < -0.4 is 0 Å². The number of hydrogen-bond acceptors (Lipinski definition) is 2. The molecular weight excluding hydrogens is 190 g/mol. The minimum atomic E-state index is -0.677. The number of likely N-dealkylation sites (tertiary alicyclic amines) is 1. The molecule has 0 saturated carbocycles. The highest BCUT2D eigenvalue weighted by atomic mass is 16.4. The molecule has 3 nitrogen and oxygen atoms in total. The number of piperidine rings is 1. The van der Waals surface area contributed by atoms with Crippen LogP contribution >= 0.6 is 0 Å². The van der Waals surface area contributed by atoms with E-state index in [-0.39, 0.29) is 5.92 Å². The fraction of sp³-hybridized carbons (Fsp3) is 0.750. The van der Waals surface area contributed by atoms with Crippen LogP contribution in [0.5, 0.6) is 0 Å². The summed E-state index contributed by atoms with van der Waals surface area (Å²) in [6, 6.07) is 0. The SMILES string of the molecule is C=CCN1CCCC(C(C)CC(=O)O)C1. The van der Waals surface area contributed by atoms with Crippen LogP contribution in [0.15, 0.2) is 12.7 Å². The Labute approximate surface area is 91.8 Å². The Hall–Kier alpha value is -0.830. The van der Waals surface area contributed by atoms with E-state index in [2.05, 4.69) is 18.4 Å². The second-order valence-corrected chi connectivity index (χ2v) is 4.53. The third kappa shape index (κ3) is 4.04. The minimum absolute atomic E-state index is 0.287. The molecular formula is C12H21NO2. The zero-order valence-corrected chi connectivity index (χ0v) is 9.48. The predicted molar refractivity (Wildman–Crippen MR) is 60.8 cm³/mol. The fourth-order valence-corrected chi connectivity index (χ4v) is 2.35. The molecule has 1 rings (SSSR count). The molecule has 1 aliphatic rings.